The minimum Gasteiger partial charge on any atom is -0.494 e. The number of methoxy groups -OCH3 is 1. The van der Waals surface area contributed by atoms with Gasteiger partial charge in [-0.1, -0.05) is 11.9 Å². The van der Waals surface area contributed by atoms with Crippen molar-refractivity contribution in [3.63, 3.8) is 0 Å². The maximum Gasteiger partial charge on any atom is 0.229 e. The Hall–Kier alpha value is -3.94. The number of rotatable bonds is 9. The van der Waals surface area contributed by atoms with E-state index in [0.717, 1.165) is 75.1 Å². The van der Waals surface area contributed by atoms with E-state index in [-0.39, 0.29) is 11.8 Å². The van der Waals surface area contributed by atoms with Gasteiger partial charge in [0.15, 0.2) is 11.6 Å². The molecule has 13 heteroatoms. The Morgan fingerprint density at radius 1 is 0.978 bits per heavy atom. The van der Waals surface area contributed by atoms with E-state index in [2.05, 4.69) is 65.3 Å². The molecule has 6 rings (SSSR count). The molecule has 0 spiro atoms. The van der Waals surface area contributed by atoms with Gasteiger partial charge in [-0.05, 0) is 50.6 Å². The van der Waals surface area contributed by atoms with Crippen molar-refractivity contribution in [1.82, 2.24) is 29.7 Å². The fraction of sp³-hybridized carbons (Fsp3) is 0.438. The highest BCUT2D eigenvalue weighted by molar-refractivity contribution is 7.99. The smallest absolute Gasteiger partial charge is 0.229 e. The number of hydrogen-bond acceptors (Lipinski definition) is 12. The summed E-state index contributed by atoms with van der Waals surface area (Å²) in [5.74, 6) is 0.395. The second-order valence-electron chi connectivity index (χ2n) is 11.6. The molecule has 0 bridgehead atoms. The molecule has 0 radical (unpaired) electrons. The molecule has 0 unspecified atom stereocenters. The third-order valence-corrected chi connectivity index (χ3v) is 9.55. The molecule has 0 aliphatic carbocycles. The lowest BCUT2D eigenvalue weighted by molar-refractivity contribution is 0.0982. The zero-order chi connectivity index (χ0) is 31.5. The predicted molar refractivity (Wildman–Crippen MR) is 182 cm³/mol. The molecule has 45 heavy (non-hydrogen) atoms. The summed E-state index contributed by atoms with van der Waals surface area (Å²) in [6.45, 7) is 8.74. The summed E-state index contributed by atoms with van der Waals surface area (Å²) < 4.78 is 22.8. The highest BCUT2D eigenvalue weighted by atomic mass is 32.2. The van der Waals surface area contributed by atoms with Crippen LogP contribution in [-0.2, 0) is 0 Å². The van der Waals surface area contributed by atoms with Crippen LogP contribution in [-0.4, -0.2) is 103 Å². The molecule has 2 aromatic heterocycles. The molecule has 0 atom stereocenters. The van der Waals surface area contributed by atoms with Crippen LogP contribution in [0.3, 0.4) is 0 Å². The fourth-order valence-corrected chi connectivity index (χ4v) is 6.61. The molecule has 2 aliphatic rings. The van der Waals surface area contributed by atoms with Gasteiger partial charge in [0.2, 0.25) is 5.95 Å². The fourth-order valence-electron chi connectivity index (χ4n) is 6.24. The number of likely N-dealkylation sites (N-methyl/N-ethyl adjacent to an activating group) is 1. The number of nitrogens with one attached hydrogen (secondary N) is 2. The van der Waals surface area contributed by atoms with Gasteiger partial charge in [0.1, 0.15) is 11.3 Å². The van der Waals surface area contributed by atoms with Crippen molar-refractivity contribution in [1.29, 1.82) is 0 Å². The Balaban J connectivity index is 1.20. The molecule has 2 aromatic carbocycles. The van der Waals surface area contributed by atoms with Gasteiger partial charge in [0.05, 0.1) is 35.9 Å². The topological polar surface area (TPSA) is 97.8 Å². The van der Waals surface area contributed by atoms with E-state index in [1.165, 1.54) is 17.6 Å². The number of benzene rings is 2. The van der Waals surface area contributed by atoms with Crippen molar-refractivity contribution in [2.24, 2.45) is 0 Å². The maximum atomic E-state index is 15.1. The first-order valence-electron chi connectivity index (χ1n) is 15.3. The van der Waals surface area contributed by atoms with Gasteiger partial charge >= 0.3 is 0 Å². The number of anilines is 6. The molecule has 0 saturated carbocycles. The molecule has 2 saturated heterocycles. The van der Waals surface area contributed by atoms with Gasteiger partial charge in [0, 0.05) is 82.8 Å². The van der Waals surface area contributed by atoms with Crippen molar-refractivity contribution in [3.05, 3.63) is 54.2 Å². The number of fused-ring (bicyclic) bond motifs is 1. The van der Waals surface area contributed by atoms with E-state index in [1.807, 2.05) is 35.8 Å². The minimum atomic E-state index is -0.573. The van der Waals surface area contributed by atoms with Crippen LogP contribution in [0, 0.1) is 12.7 Å². The molecule has 0 amide bonds. The van der Waals surface area contributed by atoms with Crippen LogP contribution in [0.5, 0.6) is 5.75 Å². The SMILES string of the molecule is COc1cc(N2CCC(N3CCN(C)CC3)CC2)c(C)cc1Nc1ncc(F)c(Nc2ccc3nccnc3c2N(C)SC)n1. The summed E-state index contributed by atoms with van der Waals surface area (Å²) in [5, 5.41) is 6.42. The van der Waals surface area contributed by atoms with E-state index in [1.54, 1.807) is 19.5 Å². The number of nitrogens with zero attached hydrogens (tertiary/aromatic N) is 8. The Labute approximate surface area is 268 Å². The van der Waals surface area contributed by atoms with Crippen LogP contribution >= 0.6 is 11.9 Å². The van der Waals surface area contributed by atoms with Gasteiger partial charge in [-0.15, -0.1) is 0 Å². The first kappa shape index (κ1) is 31.1. The number of aryl methyl sites for hydroxylation is 1. The van der Waals surface area contributed by atoms with Crippen molar-refractivity contribution in [2.75, 3.05) is 86.6 Å². The van der Waals surface area contributed by atoms with Crippen LogP contribution in [0.2, 0.25) is 0 Å². The largest absolute Gasteiger partial charge is 0.494 e. The van der Waals surface area contributed by atoms with E-state index >= 15 is 4.39 Å². The van der Waals surface area contributed by atoms with E-state index in [9.17, 15) is 0 Å². The zero-order valence-corrected chi connectivity index (χ0v) is 27.4. The number of piperidine rings is 1. The highest BCUT2D eigenvalue weighted by Gasteiger charge is 2.28. The summed E-state index contributed by atoms with van der Waals surface area (Å²) in [5.41, 5.74) is 5.89. The second kappa shape index (κ2) is 13.6. The molecule has 2 aliphatic heterocycles. The Bertz CT molecular complexity index is 1640. The molecule has 4 aromatic rings. The van der Waals surface area contributed by atoms with Gasteiger partial charge in [-0.25, -0.2) is 9.37 Å². The van der Waals surface area contributed by atoms with Crippen molar-refractivity contribution in [2.45, 2.75) is 25.8 Å². The van der Waals surface area contributed by atoms with Gasteiger partial charge in [0.25, 0.3) is 0 Å². The number of hydrogen-bond donors (Lipinski definition) is 2. The molecule has 2 fully saturated rings. The third kappa shape index (κ3) is 6.70. The van der Waals surface area contributed by atoms with Crippen molar-refractivity contribution < 1.29 is 9.13 Å². The first-order chi connectivity index (χ1) is 21.8. The van der Waals surface area contributed by atoms with Crippen molar-refractivity contribution >= 4 is 57.5 Å². The molecule has 238 valence electrons. The monoisotopic (exact) mass is 632 g/mol. The summed E-state index contributed by atoms with van der Waals surface area (Å²) in [4.78, 5) is 25.2. The Morgan fingerprint density at radius 2 is 1.73 bits per heavy atom. The Kier molecular flexibility index (Phi) is 9.38. The maximum absolute atomic E-state index is 15.1. The normalized spacial score (nSPS) is 16.6. The van der Waals surface area contributed by atoms with Gasteiger partial charge in [-0.2, -0.15) is 4.98 Å². The van der Waals surface area contributed by atoms with Crippen LogP contribution in [0.25, 0.3) is 11.0 Å². The molecule has 2 N–H and O–H groups in total. The molecule has 4 heterocycles. The van der Waals surface area contributed by atoms with Crippen LogP contribution < -0.4 is 24.6 Å². The Morgan fingerprint density at radius 3 is 2.47 bits per heavy atom. The lowest BCUT2D eigenvalue weighted by atomic mass is 10.0. The van der Waals surface area contributed by atoms with Gasteiger partial charge in [-0.3, -0.25) is 14.9 Å². The lowest BCUT2D eigenvalue weighted by Gasteiger charge is -2.43. The number of aromatic nitrogens is 4. The second-order valence-corrected chi connectivity index (χ2v) is 12.5. The van der Waals surface area contributed by atoms with E-state index in [0.29, 0.717) is 28.7 Å². The standard InChI is InChI=1S/C32H41FN10OS/c1-21-18-26(28(44-4)19-27(21)43-12-8-22(9-13-43)42-16-14-40(2)15-17-42)38-32-36-20-23(33)31(39-32)37-25-7-6-24-29(35-11-10-34-24)30(25)41(3)45-5/h6-7,10-11,18-20,22H,8-9,12-17H2,1-5H3,(H2,36,37,38,39). The van der Waals surface area contributed by atoms with Gasteiger partial charge < -0.3 is 29.5 Å². The zero-order valence-electron chi connectivity index (χ0n) is 26.5. The predicted octanol–water partition coefficient (Wildman–Crippen LogP) is 5.29. The average molecular weight is 633 g/mol. The van der Waals surface area contributed by atoms with E-state index < -0.39 is 5.82 Å². The molecular weight excluding hydrogens is 591 g/mol. The van der Waals surface area contributed by atoms with E-state index in [4.69, 9.17) is 4.74 Å². The average Bonchev–Trinajstić information content (AvgIpc) is 3.06. The molecule has 11 nitrogen and oxygen atoms in total. The van der Waals surface area contributed by atoms with Crippen LogP contribution in [0.1, 0.15) is 18.4 Å². The third-order valence-electron chi connectivity index (χ3n) is 8.82. The lowest BCUT2D eigenvalue weighted by Crippen LogP contribution is -2.52. The van der Waals surface area contributed by atoms with Crippen LogP contribution in [0.4, 0.5) is 38.9 Å². The first-order valence-corrected chi connectivity index (χ1v) is 16.5. The number of ether oxygens (including phenoxy) is 1. The van der Waals surface area contributed by atoms with Crippen molar-refractivity contribution in [3.8, 4) is 5.75 Å². The number of piperazine rings is 1. The summed E-state index contributed by atoms with van der Waals surface area (Å²) >= 11 is 1.52. The summed E-state index contributed by atoms with van der Waals surface area (Å²) in [6, 6.07) is 8.49. The number of halogens is 1. The quantitative estimate of drug-likeness (QED) is 0.235. The highest BCUT2D eigenvalue weighted by Crippen LogP contribution is 2.38. The summed E-state index contributed by atoms with van der Waals surface area (Å²) in [6.07, 6.45) is 8.73. The summed E-state index contributed by atoms with van der Waals surface area (Å²) in [7, 11) is 5.79. The van der Waals surface area contributed by atoms with Crippen LogP contribution in [0.15, 0.2) is 42.9 Å². The molecular formula is C32H41FN10OS. The minimum absolute atomic E-state index is 0.0435.